The van der Waals surface area contributed by atoms with Crippen LogP contribution in [0.4, 0.5) is 0 Å². The predicted molar refractivity (Wildman–Crippen MR) is 64.1 cm³/mol. The highest BCUT2D eigenvalue weighted by molar-refractivity contribution is 5.94. The van der Waals surface area contributed by atoms with Crippen molar-refractivity contribution in [2.75, 3.05) is 7.11 Å². The second kappa shape index (κ2) is 5.19. The van der Waals surface area contributed by atoms with Gasteiger partial charge in [0, 0.05) is 11.6 Å². The summed E-state index contributed by atoms with van der Waals surface area (Å²) in [4.78, 5) is 11.9. The zero-order valence-corrected chi connectivity index (χ0v) is 9.85. The Labute approximate surface area is 101 Å². The minimum Gasteiger partial charge on any atom is -0.497 e. The summed E-state index contributed by atoms with van der Waals surface area (Å²) >= 11 is 0. The Bertz CT molecular complexity index is 405. The monoisotopic (exact) mass is 235 g/mol. The van der Waals surface area contributed by atoms with Gasteiger partial charge in [-0.3, -0.25) is 4.79 Å². The van der Waals surface area contributed by atoms with E-state index < -0.39 is 0 Å². The molecule has 0 aliphatic heterocycles. The van der Waals surface area contributed by atoms with Crippen LogP contribution < -0.4 is 10.1 Å². The van der Waals surface area contributed by atoms with Crippen molar-refractivity contribution in [1.82, 2.24) is 5.32 Å². The first-order chi connectivity index (χ1) is 8.19. The summed E-state index contributed by atoms with van der Waals surface area (Å²) < 4.78 is 5.07. The highest BCUT2D eigenvalue weighted by Gasteiger charge is 2.24. The molecular formula is C13H17NO3. The standard InChI is InChI=1S/C13H17NO3/c1-17-12-4-2-3-9(7-12)13(16)14-10-5-6-11(15)8-10/h2-4,7,10-11,15H,5-6,8H2,1H3,(H,14,16). The van der Waals surface area contributed by atoms with Crippen LogP contribution in [0.2, 0.25) is 0 Å². The summed E-state index contributed by atoms with van der Waals surface area (Å²) in [6.45, 7) is 0. The molecule has 4 nitrogen and oxygen atoms in total. The third-order valence-electron chi connectivity index (χ3n) is 3.07. The average Bonchev–Trinajstić information content (AvgIpc) is 2.75. The molecule has 1 amide bonds. The lowest BCUT2D eigenvalue weighted by molar-refractivity contribution is 0.0933. The number of benzene rings is 1. The smallest absolute Gasteiger partial charge is 0.251 e. The number of aliphatic hydroxyl groups is 1. The van der Waals surface area contributed by atoms with Gasteiger partial charge < -0.3 is 15.2 Å². The van der Waals surface area contributed by atoms with Crippen LogP contribution in [0, 0.1) is 0 Å². The summed E-state index contributed by atoms with van der Waals surface area (Å²) in [7, 11) is 1.57. The molecule has 2 atom stereocenters. The van der Waals surface area contributed by atoms with E-state index >= 15 is 0 Å². The van der Waals surface area contributed by atoms with E-state index in [0.717, 1.165) is 12.8 Å². The van der Waals surface area contributed by atoms with E-state index in [0.29, 0.717) is 17.7 Å². The number of rotatable bonds is 3. The first kappa shape index (κ1) is 11.9. The fraction of sp³-hybridized carbons (Fsp3) is 0.462. The van der Waals surface area contributed by atoms with Crippen LogP contribution in [0.1, 0.15) is 29.6 Å². The Balaban J connectivity index is 1.99. The molecule has 1 fully saturated rings. The molecule has 1 aliphatic rings. The van der Waals surface area contributed by atoms with Crippen molar-refractivity contribution in [2.45, 2.75) is 31.4 Å². The molecule has 2 rings (SSSR count). The number of hydrogen-bond acceptors (Lipinski definition) is 3. The first-order valence-corrected chi connectivity index (χ1v) is 5.82. The maximum absolute atomic E-state index is 11.9. The summed E-state index contributed by atoms with van der Waals surface area (Å²) in [6, 6.07) is 7.14. The van der Waals surface area contributed by atoms with Crippen LogP contribution in [-0.2, 0) is 0 Å². The number of ether oxygens (including phenoxy) is 1. The molecular weight excluding hydrogens is 218 g/mol. The molecule has 1 aliphatic carbocycles. The molecule has 0 radical (unpaired) electrons. The van der Waals surface area contributed by atoms with Gasteiger partial charge in [0.15, 0.2) is 0 Å². The number of hydrogen-bond donors (Lipinski definition) is 2. The molecule has 92 valence electrons. The third kappa shape index (κ3) is 2.97. The third-order valence-corrected chi connectivity index (χ3v) is 3.07. The second-order valence-electron chi connectivity index (χ2n) is 4.37. The van der Waals surface area contributed by atoms with Crippen molar-refractivity contribution in [1.29, 1.82) is 0 Å². The molecule has 17 heavy (non-hydrogen) atoms. The molecule has 0 aromatic heterocycles. The van der Waals surface area contributed by atoms with Gasteiger partial charge >= 0.3 is 0 Å². The Morgan fingerprint density at radius 1 is 1.47 bits per heavy atom. The molecule has 0 heterocycles. The summed E-state index contributed by atoms with van der Waals surface area (Å²) in [5.74, 6) is 0.562. The van der Waals surface area contributed by atoms with Gasteiger partial charge in [-0.25, -0.2) is 0 Å². The maximum Gasteiger partial charge on any atom is 0.251 e. The lowest BCUT2D eigenvalue weighted by Gasteiger charge is -2.12. The van der Waals surface area contributed by atoms with Crippen molar-refractivity contribution in [3.05, 3.63) is 29.8 Å². The van der Waals surface area contributed by atoms with Crippen molar-refractivity contribution in [3.63, 3.8) is 0 Å². The number of methoxy groups -OCH3 is 1. The van der Waals surface area contributed by atoms with Crippen molar-refractivity contribution >= 4 is 5.91 Å². The zero-order valence-electron chi connectivity index (χ0n) is 9.85. The molecule has 2 unspecified atom stereocenters. The minimum atomic E-state index is -0.273. The molecule has 1 aromatic rings. The lowest BCUT2D eigenvalue weighted by atomic mass is 10.1. The van der Waals surface area contributed by atoms with E-state index in [2.05, 4.69) is 5.32 Å². The van der Waals surface area contributed by atoms with Crippen LogP contribution in [0.25, 0.3) is 0 Å². The van der Waals surface area contributed by atoms with Gasteiger partial charge in [-0.2, -0.15) is 0 Å². The van der Waals surface area contributed by atoms with Crippen LogP contribution in [0.15, 0.2) is 24.3 Å². The fourth-order valence-corrected chi connectivity index (χ4v) is 2.12. The minimum absolute atomic E-state index is 0.0868. The Hall–Kier alpha value is -1.55. The molecule has 0 bridgehead atoms. The molecule has 2 N–H and O–H groups in total. The normalized spacial score (nSPS) is 23.4. The van der Waals surface area contributed by atoms with Crippen LogP contribution in [0.5, 0.6) is 5.75 Å². The molecule has 1 saturated carbocycles. The quantitative estimate of drug-likeness (QED) is 0.831. The van der Waals surface area contributed by atoms with E-state index in [1.54, 1.807) is 31.4 Å². The highest BCUT2D eigenvalue weighted by atomic mass is 16.5. The van der Waals surface area contributed by atoms with E-state index in [1.165, 1.54) is 0 Å². The number of amides is 1. The van der Waals surface area contributed by atoms with Crippen LogP contribution >= 0.6 is 0 Å². The summed E-state index contributed by atoms with van der Waals surface area (Å²) in [5.41, 5.74) is 0.589. The van der Waals surface area contributed by atoms with Crippen LogP contribution in [-0.4, -0.2) is 30.3 Å². The average molecular weight is 235 g/mol. The van der Waals surface area contributed by atoms with Crippen LogP contribution in [0.3, 0.4) is 0 Å². The molecule has 4 heteroatoms. The Morgan fingerprint density at radius 2 is 2.29 bits per heavy atom. The maximum atomic E-state index is 11.9. The zero-order chi connectivity index (χ0) is 12.3. The molecule has 1 aromatic carbocycles. The Morgan fingerprint density at radius 3 is 2.94 bits per heavy atom. The van der Waals surface area contributed by atoms with Gasteiger partial charge in [-0.05, 0) is 37.5 Å². The van der Waals surface area contributed by atoms with Gasteiger partial charge in [0.25, 0.3) is 5.91 Å². The second-order valence-corrected chi connectivity index (χ2v) is 4.37. The lowest BCUT2D eigenvalue weighted by Crippen LogP contribution is -2.33. The number of carbonyl (C=O) groups excluding carboxylic acids is 1. The SMILES string of the molecule is COc1cccc(C(=O)NC2CCC(O)C2)c1. The predicted octanol–water partition coefficient (Wildman–Crippen LogP) is 1.34. The highest BCUT2D eigenvalue weighted by Crippen LogP contribution is 2.19. The summed E-state index contributed by atoms with van der Waals surface area (Å²) in [5, 5.41) is 12.3. The van der Waals surface area contributed by atoms with Gasteiger partial charge in [-0.1, -0.05) is 6.07 Å². The number of carbonyl (C=O) groups is 1. The van der Waals surface area contributed by atoms with E-state index in [9.17, 15) is 9.90 Å². The van der Waals surface area contributed by atoms with Crippen molar-refractivity contribution < 1.29 is 14.6 Å². The molecule has 0 spiro atoms. The topological polar surface area (TPSA) is 58.6 Å². The number of aliphatic hydroxyl groups excluding tert-OH is 1. The van der Waals surface area contributed by atoms with Crippen molar-refractivity contribution in [3.8, 4) is 5.75 Å². The van der Waals surface area contributed by atoms with Gasteiger partial charge in [0.2, 0.25) is 0 Å². The van der Waals surface area contributed by atoms with E-state index in [-0.39, 0.29) is 18.1 Å². The Kier molecular flexibility index (Phi) is 3.64. The molecule has 0 saturated heterocycles. The van der Waals surface area contributed by atoms with Crippen molar-refractivity contribution in [2.24, 2.45) is 0 Å². The summed E-state index contributed by atoms with van der Waals surface area (Å²) in [6.07, 6.45) is 1.99. The first-order valence-electron chi connectivity index (χ1n) is 5.82. The van der Waals surface area contributed by atoms with Gasteiger partial charge in [-0.15, -0.1) is 0 Å². The van der Waals surface area contributed by atoms with Gasteiger partial charge in [0.1, 0.15) is 5.75 Å². The largest absolute Gasteiger partial charge is 0.497 e. The van der Waals surface area contributed by atoms with E-state index in [1.807, 2.05) is 0 Å². The van der Waals surface area contributed by atoms with E-state index in [4.69, 9.17) is 4.74 Å². The fourth-order valence-electron chi connectivity index (χ4n) is 2.12. The number of nitrogens with one attached hydrogen (secondary N) is 1. The van der Waals surface area contributed by atoms with Gasteiger partial charge in [0.05, 0.1) is 13.2 Å².